The minimum atomic E-state index is 0.0639. The number of rotatable bonds is 4. The summed E-state index contributed by atoms with van der Waals surface area (Å²) >= 11 is 0. The summed E-state index contributed by atoms with van der Waals surface area (Å²) in [6, 6.07) is 4.13. The molecule has 0 radical (unpaired) electrons. The predicted octanol–water partition coefficient (Wildman–Crippen LogP) is 1.72. The Morgan fingerprint density at radius 2 is 2.20 bits per heavy atom. The Hall–Kier alpha value is -2.09. The molecule has 0 saturated carbocycles. The average molecular weight is 272 g/mol. The Morgan fingerprint density at radius 1 is 1.45 bits per heavy atom. The summed E-state index contributed by atoms with van der Waals surface area (Å²) in [6.45, 7) is 0.498. The fourth-order valence-corrected chi connectivity index (χ4v) is 2.37. The van der Waals surface area contributed by atoms with E-state index in [-0.39, 0.29) is 5.91 Å². The van der Waals surface area contributed by atoms with E-state index in [1.165, 1.54) is 12.0 Å². The van der Waals surface area contributed by atoms with Gasteiger partial charge in [0, 0.05) is 32.8 Å². The molecule has 106 valence electrons. The molecule has 0 aromatic carbocycles. The van der Waals surface area contributed by atoms with Crippen LogP contribution in [0.25, 0.3) is 0 Å². The number of anilines is 1. The molecule has 5 nitrogen and oxygen atoms in total. The van der Waals surface area contributed by atoms with Gasteiger partial charge in [-0.2, -0.15) is 5.26 Å². The standard InChI is InChI=1S/C15H20N4O/c1-19(2)14(20)7-8-17-15-12(10-16)9-11-5-3-4-6-13(11)18-15/h9H,3-8H2,1-2H3,(H,17,18). The van der Waals surface area contributed by atoms with Gasteiger partial charge >= 0.3 is 0 Å². The van der Waals surface area contributed by atoms with Gasteiger partial charge in [-0.3, -0.25) is 4.79 Å². The Kier molecular flexibility index (Phi) is 4.57. The molecule has 0 atom stereocenters. The summed E-state index contributed by atoms with van der Waals surface area (Å²) in [7, 11) is 3.47. The summed E-state index contributed by atoms with van der Waals surface area (Å²) < 4.78 is 0. The number of hydrogen-bond acceptors (Lipinski definition) is 4. The van der Waals surface area contributed by atoms with Crippen molar-refractivity contribution in [2.75, 3.05) is 26.0 Å². The van der Waals surface area contributed by atoms with Crippen molar-refractivity contribution < 1.29 is 4.79 Å². The van der Waals surface area contributed by atoms with Gasteiger partial charge in [0.05, 0.1) is 5.56 Å². The minimum absolute atomic E-state index is 0.0639. The van der Waals surface area contributed by atoms with Gasteiger partial charge in [-0.1, -0.05) is 0 Å². The molecule has 0 aliphatic heterocycles. The number of hydrogen-bond donors (Lipinski definition) is 1. The summed E-state index contributed by atoms with van der Waals surface area (Å²) in [5, 5.41) is 12.3. The van der Waals surface area contributed by atoms with Gasteiger partial charge in [-0.05, 0) is 37.3 Å². The minimum Gasteiger partial charge on any atom is -0.368 e. The number of fused-ring (bicyclic) bond motifs is 1. The number of carbonyl (C=O) groups excluding carboxylic acids is 1. The highest BCUT2D eigenvalue weighted by Crippen LogP contribution is 2.24. The first kappa shape index (κ1) is 14.3. The molecule has 1 aliphatic carbocycles. The number of aromatic nitrogens is 1. The summed E-state index contributed by atoms with van der Waals surface area (Å²) in [6.07, 6.45) is 4.72. The lowest BCUT2D eigenvalue weighted by Gasteiger charge is -2.17. The first-order chi connectivity index (χ1) is 9.61. The third kappa shape index (κ3) is 3.27. The molecule has 1 heterocycles. The molecule has 5 heteroatoms. The normalized spacial score (nSPS) is 13.2. The number of aryl methyl sites for hydroxylation is 2. The van der Waals surface area contributed by atoms with Crippen molar-refractivity contribution in [2.24, 2.45) is 0 Å². The van der Waals surface area contributed by atoms with Crippen molar-refractivity contribution in [2.45, 2.75) is 32.1 Å². The predicted molar refractivity (Wildman–Crippen MR) is 77.4 cm³/mol. The summed E-state index contributed by atoms with van der Waals surface area (Å²) in [4.78, 5) is 17.7. The Labute approximate surface area is 119 Å². The van der Waals surface area contributed by atoms with Crippen LogP contribution in [0, 0.1) is 11.3 Å². The first-order valence-corrected chi connectivity index (χ1v) is 6.98. The second-order valence-corrected chi connectivity index (χ2v) is 5.27. The maximum Gasteiger partial charge on any atom is 0.223 e. The second-order valence-electron chi connectivity index (χ2n) is 5.27. The lowest BCUT2D eigenvalue weighted by molar-refractivity contribution is -0.128. The van der Waals surface area contributed by atoms with Gasteiger partial charge in [-0.15, -0.1) is 0 Å². The van der Waals surface area contributed by atoms with Crippen molar-refractivity contribution >= 4 is 11.7 Å². The smallest absolute Gasteiger partial charge is 0.223 e. The van der Waals surface area contributed by atoms with E-state index in [0.717, 1.165) is 25.0 Å². The molecule has 2 rings (SSSR count). The van der Waals surface area contributed by atoms with Crippen LogP contribution in [0.15, 0.2) is 6.07 Å². The van der Waals surface area contributed by atoms with Crippen molar-refractivity contribution in [3.8, 4) is 6.07 Å². The van der Waals surface area contributed by atoms with Gasteiger partial charge < -0.3 is 10.2 Å². The highest BCUT2D eigenvalue weighted by Gasteiger charge is 2.15. The van der Waals surface area contributed by atoms with Crippen molar-refractivity contribution in [3.05, 3.63) is 22.9 Å². The molecular weight excluding hydrogens is 252 g/mol. The lowest BCUT2D eigenvalue weighted by atomic mass is 9.95. The lowest BCUT2D eigenvalue weighted by Crippen LogP contribution is -2.24. The van der Waals surface area contributed by atoms with Crippen LogP contribution in [0.4, 0.5) is 5.82 Å². The van der Waals surface area contributed by atoms with Crippen LogP contribution in [0.2, 0.25) is 0 Å². The summed E-state index contributed by atoms with van der Waals surface area (Å²) in [5.74, 6) is 0.675. The van der Waals surface area contributed by atoms with E-state index in [4.69, 9.17) is 0 Å². The largest absolute Gasteiger partial charge is 0.368 e. The van der Waals surface area contributed by atoms with Crippen molar-refractivity contribution in [1.82, 2.24) is 9.88 Å². The van der Waals surface area contributed by atoms with E-state index in [1.54, 1.807) is 19.0 Å². The van der Waals surface area contributed by atoms with E-state index < -0.39 is 0 Å². The van der Waals surface area contributed by atoms with Crippen LogP contribution in [-0.4, -0.2) is 36.4 Å². The molecule has 1 N–H and O–H groups in total. The zero-order valence-corrected chi connectivity index (χ0v) is 12.1. The first-order valence-electron chi connectivity index (χ1n) is 6.98. The van der Waals surface area contributed by atoms with E-state index >= 15 is 0 Å². The Balaban J connectivity index is 2.07. The molecule has 0 unspecified atom stereocenters. The number of nitrogens with zero attached hydrogens (tertiary/aromatic N) is 3. The third-order valence-electron chi connectivity index (χ3n) is 3.55. The van der Waals surface area contributed by atoms with Gasteiger partial charge in [-0.25, -0.2) is 4.98 Å². The van der Waals surface area contributed by atoms with Crippen LogP contribution < -0.4 is 5.32 Å². The number of pyridine rings is 1. The quantitative estimate of drug-likeness (QED) is 0.906. The van der Waals surface area contributed by atoms with Crippen LogP contribution in [-0.2, 0) is 17.6 Å². The fraction of sp³-hybridized carbons (Fsp3) is 0.533. The monoisotopic (exact) mass is 272 g/mol. The molecule has 1 aromatic rings. The zero-order chi connectivity index (χ0) is 14.5. The highest BCUT2D eigenvalue weighted by molar-refractivity contribution is 5.76. The molecule has 0 bridgehead atoms. The topological polar surface area (TPSA) is 69.0 Å². The van der Waals surface area contributed by atoms with Crippen LogP contribution in [0.1, 0.15) is 36.1 Å². The number of nitrogens with one attached hydrogen (secondary N) is 1. The van der Waals surface area contributed by atoms with E-state index in [1.807, 2.05) is 6.07 Å². The maximum absolute atomic E-state index is 11.5. The molecule has 0 saturated heterocycles. The average Bonchev–Trinajstić information content (AvgIpc) is 2.46. The molecule has 1 amide bonds. The summed E-state index contributed by atoms with van der Waals surface area (Å²) in [5.41, 5.74) is 2.86. The molecule has 1 aromatic heterocycles. The second kappa shape index (κ2) is 6.38. The highest BCUT2D eigenvalue weighted by atomic mass is 16.2. The van der Waals surface area contributed by atoms with Crippen molar-refractivity contribution in [3.63, 3.8) is 0 Å². The van der Waals surface area contributed by atoms with Gasteiger partial charge in [0.25, 0.3) is 0 Å². The maximum atomic E-state index is 11.5. The molecule has 0 fully saturated rings. The van der Waals surface area contributed by atoms with Crippen LogP contribution in [0.5, 0.6) is 0 Å². The van der Waals surface area contributed by atoms with E-state index in [9.17, 15) is 10.1 Å². The zero-order valence-electron chi connectivity index (χ0n) is 12.1. The fourth-order valence-electron chi connectivity index (χ4n) is 2.37. The number of nitriles is 1. The van der Waals surface area contributed by atoms with Crippen LogP contribution in [0.3, 0.4) is 0 Å². The SMILES string of the molecule is CN(C)C(=O)CCNc1nc2c(cc1C#N)CCCC2. The Bertz CT molecular complexity index is 546. The number of amides is 1. The van der Waals surface area contributed by atoms with E-state index in [2.05, 4.69) is 16.4 Å². The third-order valence-corrected chi connectivity index (χ3v) is 3.55. The van der Waals surface area contributed by atoms with Gasteiger partial charge in [0.1, 0.15) is 11.9 Å². The molecule has 20 heavy (non-hydrogen) atoms. The van der Waals surface area contributed by atoms with Gasteiger partial charge in [0.2, 0.25) is 5.91 Å². The van der Waals surface area contributed by atoms with Gasteiger partial charge in [0.15, 0.2) is 0 Å². The number of carbonyl (C=O) groups is 1. The molecular formula is C15H20N4O. The van der Waals surface area contributed by atoms with E-state index in [0.29, 0.717) is 24.3 Å². The Morgan fingerprint density at radius 3 is 2.90 bits per heavy atom. The molecule has 0 spiro atoms. The van der Waals surface area contributed by atoms with Crippen LogP contribution >= 0.6 is 0 Å². The molecule has 1 aliphatic rings. The van der Waals surface area contributed by atoms with Crippen molar-refractivity contribution in [1.29, 1.82) is 5.26 Å².